The highest BCUT2D eigenvalue weighted by atomic mass is 16.5. The summed E-state index contributed by atoms with van der Waals surface area (Å²) < 4.78 is 11.1. The minimum Gasteiger partial charge on any atom is -0.489 e. The quantitative estimate of drug-likeness (QED) is 0.670. The summed E-state index contributed by atoms with van der Waals surface area (Å²) in [5.74, 6) is 0.737. The first-order valence-corrected chi connectivity index (χ1v) is 8.60. The van der Waals surface area contributed by atoms with Crippen molar-refractivity contribution in [1.29, 1.82) is 0 Å². The number of ether oxygens (including phenoxy) is 1. The second-order valence-electron chi connectivity index (χ2n) is 7.13. The molecule has 0 saturated carbocycles. The van der Waals surface area contributed by atoms with Crippen molar-refractivity contribution < 1.29 is 13.9 Å². The summed E-state index contributed by atoms with van der Waals surface area (Å²) >= 11 is 0. The monoisotopic (exact) mass is 349 g/mol. The maximum atomic E-state index is 12.7. The summed E-state index contributed by atoms with van der Waals surface area (Å²) in [7, 11) is 0. The average Bonchev–Trinajstić information content (AvgIpc) is 3.09. The Morgan fingerprint density at radius 2 is 1.69 bits per heavy atom. The Hall–Kier alpha value is -3.01. The number of rotatable bonds is 5. The number of benzene rings is 2. The van der Waals surface area contributed by atoms with Gasteiger partial charge in [-0.05, 0) is 35.2 Å². The molecule has 134 valence electrons. The van der Waals surface area contributed by atoms with Gasteiger partial charge in [0.05, 0.1) is 6.26 Å². The van der Waals surface area contributed by atoms with Gasteiger partial charge in [0.25, 0.3) is 5.91 Å². The van der Waals surface area contributed by atoms with Crippen LogP contribution in [0.3, 0.4) is 0 Å². The van der Waals surface area contributed by atoms with Crippen LogP contribution in [0.1, 0.15) is 42.5 Å². The minimum absolute atomic E-state index is 0.0771. The van der Waals surface area contributed by atoms with Crippen molar-refractivity contribution in [2.24, 2.45) is 0 Å². The van der Waals surface area contributed by atoms with E-state index >= 15 is 0 Å². The smallest absolute Gasteiger partial charge is 0.291 e. The van der Waals surface area contributed by atoms with Crippen LogP contribution in [0.25, 0.3) is 0 Å². The maximum Gasteiger partial charge on any atom is 0.291 e. The number of hydrogen-bond donors (Lipinski definition) is 1. The van der Waals surface area contributed by atoms with Crippen LogP contribution >= 0.6 is 0 Å². The lowest BCUT2D eigenvalue weighted by Gasteiger charge is -2.22. The fourth-order valence-corrected chi connectivity index (χ4v) is 2.75. The van der Waals surface area contributed by atoms with Gasteiger partial charge in [0.15, 0.2) is 5.76 Å². The summed E-state index contributed by atoms with van der Waals surface area (Å²) in [5.41, 5.74) is 2.49. The molecule has 26 heavy (non-hydrogen) atoms. The molecule has 1 heterocycles. The lowest BCUT2D eigenvalue weighted by atomic mass is 9.86. The van der Waals surface area contributed by atoms with E-state index < -0.39 is 0 Å². The Bertz CT molecular complexity index is 876. The van der Waals surface area contributed by atoms with Gasteiger partial charge in [-0.25, -0.2) is 0 Å². The molecule has 2 aromatic carbocycles. The molecule has 3 rings (SSSR count). The third kappa shape index (κ3) is 4.14. The van der Waals surface area contributed by atoms with E-state index in [1.165, 1.54) is 6.26 Å². The predicted molar refractivity (Wildman–Crippen MR) is 103 cm³/mol. The molecule has 4 heteroatoms. The first-order valence-electron chi connectivity index (χ1n) is 8.60. The highest BCUT2D eigenvalue weighted by Crippen LogP contribution is 2.29. The largest absolute Gasteiger partial charge is 0.489 e. The van der Waals surface area contributed by atoms with Crippen molar-refractivity contribution in [3.8, 4) is 5.75 Å². The van der Waals surface area contributed by atoms with E-state index in [9.17, 15) is 4.79 Å². The lowest BCUT2D eigenvalue weighted by molar-refractivity contribution is 0.0993. The van der Waals surface area contributed by atoms with Crippen molar-refractivity contribution >= 4 is 11.6 Å². The first-order chi connectivity index (χ1) is 12.4. The van der Waals surface area contributed by atoms with Crippen molar-refractivity contribution in [3.63, 3.8) is 0 Å². The summed E-state index contributed by atoms with van der Waals surface area (Å²) in [5, 5.41) is 2.97. The molecule has 0 aliphatic heterocycles. The highest BCUT2D eigenvalue weighted by Gasteiger charge is 2.21. The number of amides is 1. The molecule has 1 N–H and O–H groups in total. The molecule has 4 nitrogen and oxygen atoms in total. The molecule has 0 unspecified atom stereocenters. The number of furan rings is 1. The van der Waals surface area contributed by atoms with Crippen LogP contribution in [0.5, 0.6) is 5.75 Å². The van der Waals surface area contributed by atoms with Crippen molar-refractivity contribution in [3.05, 3.63) is 83.8 Å². The zero-order valence-corrected chi connectivity index (χ0v) is 15.3. The third-order valence-electron chi connectivity index (χ3n) is 4.07. The zero-order chi connectivity index (χ0) is 18.6. The molecule has 0 atom stereocenters. The Kier molecular flexibility index (Phi) is 5.12. The number of nitrogens with one attached hydrogen (secondary N) is 1. The van der Waals surface area contributed by atoms with E-state index in [0.29, 0.717) is 5.56 Å². The van der Waals surface area contributed by atoms with E-state index in [0.717, 1.165) is 17.0 Å². The Balaban J connectivity index is 1.75. The number of carbonyl (C=O) groups excluding carboxylic acids is 1. The average molecular weight is 349 g/mol. The standard InChI is InChI=1S/C22H23NO3/c1-22(2,3)18-11-7-8-12-19(18)23-21(24)20-16(13-14-25-20)15-26-17-9-5-4-6-10-17/h4-14H,15H2,1-3H3,(H,23,24). The van der Waals surface area contributed by atoms with Crippen LogP contribution in [0.4, 0.5) is 5.69 Å². The zero-order valence-electron chi connectivity index (χ0n) is 15.3. The maximum absolute atomic E-state index is 12.7. The molecule has 0 radical (unpaired) electrons. The second-order valence-corrected chi connectivity index (χ2v) is 7.13. The molecule has 0 saturated heterocycles. The molecule has 1 aromatic heterocycles. The lowest BCUT2D eigenvalue weighted by Crippen LogP contribution is -2.19. The van der Waals surface area contributed by atoms with Gasteiger partial charge in [0.2, 0.25) is 0 Å². The Labute approximate surface area is 153 Å². The van der Waals surface area contributed by atoms with E-state index in [-0.39, 0.29) is 23.7 Å². The molecular formula is C22H23NO3. The van der Waals surface area contributed by atoms with Gasteiger partial charge >= 0.3 is 0 Å². The topological polar surface area (TPSA) is 51.5 Å². The number of para-hydroxylation sites is 2. The molecule has 0 fully saturated rings. The fraction of sp³-hybridized carbons (Fsp3) is 0.227. The van der Waals surface area contributed by atoms with E-state index in [4.69, 9.17) is 9.15 Å². The predicted octanol–water partition coefficient (Wildman–Crippen LogP) is 5.41. The van der Waals surface area contributed by atoms with Gasteiger partial charge in [0, 0.05) is 11.3 Å². The van der Waals surface area contributed by atoms with Crippen LogP contribution in [0, 0.1) is 0 Å². The van der Waals surface area contributed by atoms with Crippen molar-refractivity contribution in [1.82, 2.24) is 0 Å². The van der Waals surface area contributed by atoms with Crippen LogP contribution in [0.15, 0.2) is 71.3 Å². The molecule has 0 aliphatic carbocycles. The van der Waals surface area contributed by atoms with Crippen molar-refractivity contribution in [2.75, 3.05) is 5.32 Å². The number of carbonyl (C=O) groups is 1. The summed E-state index contributed by atoms with van der Waals surface area (Å²) in [4.78, 5) is 12.7. The van der Waals surface area contributed by atoms with Crippen LogP contribution in [-0.2, 0) is 12.0 Å². The summed E-state index contributed by atoms with van der Waals surface area (Å²) in [6.45, 7) is 6.61. The SMILES string of the molecule is CC(C)(C)c1ccccc1NC(=O)c1occc1COc1ccccc1. The summed E-state index contributed by atoms with van der Waals surface area (Å²) in [6, 6.07) is 19.1. The first kappa shape index (κ1) is 17.8. The normalized spacial score (nSPS) is 11.2. The molecule has 0 bridgehead atoms. The fourth-order valence-electron chi connectivity index (χ4n) is 2.75. The number of hydrogen-bond acceptors (Lipinski definition) is 3. The highest BCUT2D eigenvalue weighted by molar-refractivity contribution is 6.03. The molecular weight excluding hydrogens is 326 g/mol. The Morgan fingerprint density at radius 1 is 1.00 bits per heavy atom. The molecule has 0 aliphatic rings. The van der Waals surface area contributed by atoms with E-state index in [1.807, 2.05) is 54.6 Å². The van der Waals surface area contributed by atoms with Gasteiger partial charge in [-0.15, -0.1) is 0 Å². The van der Waals surface area contributed by atoms with Crippen molar-refractivity contribution in [2.45, 2.75) is 32.8 Å². The van der Waals surface area contributed by atoms with Crippen LogP contribution < -0.4 is 10.1 Å². The van der Waals surface area contributed by atoms with Crippen LogP contribution in [0.2, 0.25) is 0 Å². The van der Waals surface area contributed by atoms with E-state index in [1.54, 1.807) is 6.07 Å². The summed E-state index contributed by atoms with van der Waals surface area (Å²) in [6.07, 6.45) is 1.51. The van der Waals surface area contributed by atoms with Gasteiger partial charge in [0.1, 0.15) is 12.4 Å². The molecule has 3 aromatic rings. The Morgan fingerprint density at radius 3 is 2.42 bits per heavy atom. The van der Waals surface area contributed by atoms with Gasteiger partial charge in [-0.1, -0.05) is 57.2 Å². The van der Waals surface area contributed by atoms with E-state index in [2.05, 4.69) is 26.1 Å². The minimum atomic E-state index is -0.279. The second kappa shape index (κ2) is 7.48. The molecule has 1 amide bonds. The molecule has 0 spiro atoms. The van der Waals surface area contributed by atoms with Gasteiger partial charge < -0.3 is 14.5 Å². The van der Waals surface area contributed by atoms with Gasteiger partial charge in [-0.2, -0.15) is 0 Å². The number of anilines is 1. The van der Waals surface area contributed by atoms with Crippen LogP contribution in [-0.4, -0.2) is 5.91 Å². The third-order valence-corrected chi connectivity index (χ3v) is 4.07. The van der Waals surface area contributed by atoms with Gasteiger partial charge in [-0.3, -0.25) is 4.79 Å².